The van der Waals surface area contributed by atoms with Gasteiger partial charge in [0.1, 0.15) is 0 Å². The zero-order chi connectivity index (χ0) is 14.9. The van der Waals surface area contributed by atoms with Gasteiger partial charge in [-0.2, -0.15) is 0 Å². The van der Waals surface area contributed by atoms with Crippen LogP contribution in [0, 0.1) is 0 Å². The summed E-state index contributed by atoms with van der Waals surface area (Å²) in [5.74, 6) is 0. The predicted octanol–water partition coefficient (Wildman–Crippen LogP) is 3.76. The van der Waals surface area contributed by atoms with E-state index in [1.807, 2.05) is 48.5 Å². The summed E-state index contributed by atoms with van der Waals surface area (Å²) in [5, 5.41) is 0. The number of fused-ring (bicyclic) bond motifs is 2. The van der Waals surface area contributed by atoms with Gasteiger partial charge in [0.25, 0.3) is 0 Å². The summed E-state index contributed by atoms with van der Waals surface area (Å²) >= 11 is -0.556. The van der Waals surface area contributed by atoms with Gasteiger partial charge in [0.2, 0.25) is 0 Å². The standard InChI is InChI=1S/2C7H5N2.2ClH.Ti/c2*1-2-4-7-6(3-1)8-5-9-7;;;/h2*1-5H;2*1H;/q2*-1;;;+2/p-2. The van der Waals surface area contributed by atoms with Gasteiger partial charge in [0, 0.05) is 0 Å². The molecule has 0 spiro atoms. The number of benzene rings is 2. The van der Waals surface area contributed by atoms with E-state index >= 15 is 0 Å². The second-order valence-electron chi connectivity index (χ2n) is 3.80. The maximum atomic E-state index is 4.89. The third-order valence-corrected chi connectivity index (χ3v) is 2.55. The largest absolute Gasteiger partial charge is 0.443 e. The van der Waals surface area contributed by atoms with Crippen LogP contribution in [0.3, 0.4) is 0 Å². The van der Waals surface area contributed by atoms with Crippen molar-refractivity contribution in [1.29, 1.82) is 0 Å². The molecule has 0 saturated heterocycles. The Bertz CT molecular complexity index is 658. The van der Waals surface area contributed by atoms with E-state index in [1.165, 1.54) is 0 Å². The van der Waals surface area contributed by atoms with Crippen molar-refractivity contribution in [3.05, 3.63) is 61.2 Å². The average molecular weight is 353 g/mol. The fraction of sp³-hybridized carbons (Fsp3) is 0. The zero-order valence-electron chi connectivity index (χ0n) is 10.8. The van der Waals surface area contributed by atoms with Gasteiger partial charge in [-0.25, -0.2) is 0 Å². The summed E-state index contributed by atoms with van der Waals surface area (Å²) in [6, 6.07) is 15.6. The first-order valence-electron chi connectivity index (χ1n) is 5.96. The Morgan fingerprint density at radius 2 is 1.10 bits per heavy atom. The molecule has 0 aliphatic rings. The molecular weight excluding hydrogens is 343 g/mol. The van der Waals surface area contributed by atoms with E-state index in [1.54, 1.807) is 12.7 Å². The van der Waals surface area contributed by atoms with E-state index in [0.717, 1.165) is 22.1 Å². The van der Waals surface area contributed by atoms with Crippen molar-refractivity contribution in [1.82, 2.24) is 19.9 Å². The molecule has 0 bridgehead atoms. The van der Waals surface area contributed by atoms with Crippen molar-refractivity contribution in [2.75, 3.05) is 0 Å². The number of nitrogens with zero attached hydrogens (tertiary/aromatic N) is 4. The van der Waals surface area contributed by atoms with Crippen LogP contribution in [0.2, 0.25) is 0 Å². The molecule has 2 heterocycles. The van der Waals surface area contributed by atoms with E-state index in [9.17, 15) is 0 Å². The number of rotatable bonds is 0. The number of imidazole rings is 2. The molecule has 0 aliphatic carbocycles. The molecule has 0 unspecified atom stereocenters. The molecule has 7 heteroatoms. The number of hydrogen-bond acceptors (Lipinski definition) is 2. The molecule has 0 fully saturated rings. The van der Waals surface area contributed by atoms with Crippen molar-refractivity contribution in [3.8, 4) is 0 Å². The predicted molar refractivity (Wildman–Crippen MR) is 81.8 cm³/mol. The van der Waals surface area contributed by atoms with E-state index in [-0.39, 0.29) is 0 Å². The molecule has 0 N–H and O–H groups in total. The van der Waals surface area contributed by atoms with Gasteiger partial charge < -0.3 is 19.9 Å². The third-order valence-electron chi connectivity index (χ3n) is 2.55. The number of aromatic nitrogens is 4. The Balaban J connectivity index is 0.000000130. The van der Waals surface area contributed by atoms with Gasteiger partial charge in [-0.05, 0) is 22.1 Å². The Hall–Kier alpha value is -1.33. The first-order valence-corrected chi connectivity index (χ1v) is 10.3. The van der Waals surface area contributed by atoms with Crippen LogP contribution in [-0.4, -0.2) is 9.97 Å². The molecule has 0 amide bonds. The number of halogens is 2. The minimum atomic E-state index is -0.556. The summed E-state index contributed by atoms with van der Waals surface area (Å²) in [4.78, 5) is 16.0. The first-order chi connectivity index (χ1) is 10.3. The number of para-hydroxylation sites is 4. The molecule has 0 atom stereocenters. The van der Waals surface area contributed by atoms with E-state index in [0.29, 0.717) is 0 Å². The fourth-order valence-electron chi connectivity index (χ4n) is 1.67. The smallest absolute Gasteiger partial charge is 0.0387 e. The van der Waals surface area contributed by atoms with Gasteiger partial charge in [0.15, 0.2) is 0 Å². The number of hydrogen-bond donors (Lipinski definition) is 0. The minimum absolute atomic E-state index is 0.556. The molecule has 4 aromatic rings. The minimum Gasteiger partial charge on any atom is -0.443 e. The van der Waals surface area contributed by atoms with Crippen LogP contribution < -0.4 is 9.97 Å². The third kappa shape index (κ3) is 4.86. The van der Waals surface area contributed by atoms with Gasteiger partial charge >= 0.3 is 35.6 Å². The van der Waals surface area contributed by atoms with E-state index < -0.39 is 17.0 Å². The first kappa shape index (κ1) is 16.1. The summed E-state index contributed by atoms with van der Waals surface area (Å²) in [7, 11) is 9.78. The van der Waals surface area contributed by atoms with Gasteiger partial charge in [0.05, 0.1) is 0 Å². The van der Waals surface area contributed by atoms with Gasteiger partial charge in [-0.1, -0.05) is 61.2 Å². The van der Waals surface area contributed by atoms with Crippen LogP contribution >= 0.6 is 18.6 Å². The molecule has 2 aromatic heterocycles. The molecular formula is C14H10Cl2N4Ti-2. The molecule has 106 valence electrons. The molecule has 21 heavy (non-hydrogen) atoms. The van der Waals surface area contributed by atoms with E-state index in [2.05, 4.69) is 19.9 Å². The fourth-order valence-corrected chi connectivity index (χ4v) is 1.67. The Morgan fingerprint density at radius 1 is 0.714 bits per heavy atom. The normalized spacial score (nSPS) is 9.43. The Kier molecular flexibility index (Phi) is 6.76. The Morgan fingerprint density at radius 3 is 1.48 bits per heavy atom. The summed E-state index contributed by atoms with van der Waals surface area (Å²) in [6.07, 6.45) is 3.15. The molecule has 0 aliphatic heterocycles. The maximum Gasteiger partial charge on any atom is -0.0387 e. The Labute approximate surface area is 138 Å². The molecule has 4 nitrogen and oxygen atoms in total. The van der Waals surface area contributed by atoms with Crippen molar-refractivity contribution >= 4 is 40.7 Å². The monoisotopic (exact) mass is 352 g/mol. The van der Waals surface area contributed by atoms with E-state index in [4.69, 9.17) is 18.6 Å². The average Bonchev–Trinajstić information content (AvgIpc) is 3.17. The molecule has 0 saturated carbocycles. The van der Waals surface area contributed by atoms with Crippen LogP contribution in [0.1, 0.15) is 0 Å². The second-order valence-corrected chi connectivity index (χ2v) is 6.38. The van der Waals surface area contributed by atoms with Crippen LogP contribution in [0.4, 0.5) is 0 Å². The van der Waals surface area contributed by atoms with Crippen LogP contribution in [-0.2, 0) is 17.0 Å². The van der Waals surface area contributed by atoms with Crippen molar-refractivity contribution < 1.29 is 17.0 Å². The molecule has 4 rings (SSSR count). The quantitative estimate of drug-likeness (QED) is 0.452. The van der Waals surface area contributed by atoms with Gasteiger partial charge in [-0.15, -0.1) is 0 Å². The molecule has 2 aromatic carbocycles. The summed E-state index contributed by atoms with van der Waals surface area (Å²) < 4.78 is 0. The van der Waals surface area contributed by atoms with Crippen LogP contribution in [0.15, 0.2) is 61.2 Å². The van der Waals surface area contributed by atoms with Crippen molar-refractivity contribution in [3.63, 3.8) is 0 Å². The SMILES string of the molecule is [Cl][Ti][Cl].c1ccc2[n-]cnc2c1.c1ccc2[n-]cnc2c1. The zero-order valence-corrected chi connectivity index (χ0v) is 13.9. The van der Waals surface area contributed by atoms with Crippen molar-refractivity contribution in [2.45, 2.75) is 0 Å². The van der Waals surface area contributed by atoms with Crippen LogP contribution in [0.25, 0.3) is 22.1 Å². The molecule has 0 radical (unpaired) electrons. The second kappa shape index (κ2) is 8.85. The topological polar surface area (TPSA) is 54.0 Å². The summed E-state index contributed by atoms with van der Waals surface area (Å²) in [6.45, 7) is 0. The summed E-state index contributed by atoms with van der Waals surface area (Å²) in [5.41, 5.74) is 3.88. The van der Waals surface area contributed by atoms with Gasteiger partial charge in [-0.3, -0.25) is 0 Å². The van der Waals surface area contributed by atoms with Crippen LogP contribution in [0.5, 0.6) is 0 Å². The van der Waals surface area contributed by atoms with Crippen molar-refractivity contribution in [2.24, 2.45) is 0 Å². The maximum absolute atomic E-state index is 4.89.